The zero-order valence-corrected chi connectivity index (χ0v) is 16.0. The lowest BCUT2D eigenvalue weighted by atomic mass is 10.3. The monoisotopic (exact) mass is 422 g/mol. The van der Waals surface area contributed by atoms with Crippen LogP contribution in [0.25, 0.3) is 0 Å². The van der Waals surface area contributed by atoms with E-state index in [9.17, 15) is 14.9 Å². The zero-order valence-electron chi connectivity index (χ0n) is 13.6. The van der Waals surface area contributed by atoms with Crippen molar-refractivity contribution in [2.45, 2.75) is 6.61 Å². The number of para-hydroxylation sites is 2. The summed E-state index contributed by atoms with van der Waals surface area (Å²) in [5.74, 6) is -0.145. The van der Waals surface area contributed by atoms with Gasteiger partial charge < -0.3 is 10.1 Å². The molecule has 0 unspecified atom stereocenters. The molecule has 0 aliphatic carbocycles. The lowest BCUT2D eigenvalue weighted by Crippen LogP contribution is -2.10. The van der Waals surface area contributed by atoms with Crippen LogP contribution in [0, 0.1) is 10.1 Å². The molecule has 27 heavy (non-hydrogen) atoms. The second kappa shape index (κ2) is 8.39. The fourth-order valence-electron chi connectivity index (χ4n) is 2.24. The fraction of sp³-hybridized carbons (Fsp3) is 0.0556. The third-order valence-electron chi connectivity index (χ3n) is 3.51. The highest BCUT2D eigenvalue weighted by atomic mass is 35.5. The zero-order chi connectivity index (χ0) is 19.4. The molecule has 1 N–H and O–H groups in total. The third-order valence-corrected chi connectivity index (χ3v) is 5.04. The number of carbonyl (C=O) groups excluding carboxylic acids is 1. The smallest absolute Gasteiger partial charge is 0.310 e. The predicted molar refractivity (Wildman–Crippen MR) is 106 cm³/mol. The number of nitrogens with zero attached hydrogens (tertiary/aromatic N) is 1. The molecule has 0 aliphatic heterocycles. The Morgan fingerprint density at radius 1 is 1.19 bits per heavy atom. The number of carbonyl (C=O) groups is 1. The maximum atomic E-state index is 12.4. The molecule has 3 aromatic rings. The van der Waals surface area contributed by atoms with Crippen LogP contribution in [-0.2, 0) is 6.61 Å². The number of amides is 1. The van der Waals surface area contributed by atoms with E-state index in [4.69, 9.17) is 27.9 Å². The summed E-state index contributed by atoms with van der Waals surface area (Å²) in [6.07, 6.45) is 0. The van der Waals surface area contributed by atoms with E-state index >= 15 is 0 Å². The quantitative estimate of drug-likeness (QED) is 0.402. The Balaban J connectivity index is 1.66. The van der Waals surface area contributed by atoms with E-state index in [-0.39, 0.29) is 24.0 Å². The topological polar surface area (TPSA) is 81.5 Å². The summed E-state index contributed by atoms with van der Waals surface area (Å²) in [4.78, 5) is 23.3. The first-order valence-corrected chi connectivity index (χ1v) is 9.27. The molecule has 0 spiro atoms. The average molecular weight is 423 g/mol. The Morgan fingerprint density at radius 2 is 1.96 bits per heavy atom. The van der Waals surface area contributed by atoms with Gasteiger partial charge in [0.15, 0.2) is 5.75 Å². The summed E-state index contributed by atoms with van der Waals surface area (Å²) in [5, 5.41) is 16.3. The van der Waals surface area contributed by atoms with Crippen LogP contribution >= 0.6 is 34.5 Å². The number of nitro benzene ring substituents is 1. The summed E-state index contributed by atoms with van der Waals surface area (Å²) in [6.45, 7) is 0.107. The number of thiophene rings is 1. The summed E-state index contributed by atoms with van der Waals surface area (Å²) in [5.41, 5.74) is 1.07. The van der Waals surface area contributed by atoms with Crippen molar-refractivity contribution in [2.75, 3.05) is 5.32 Å². The number of nitrogens with one attached hydrogen (secondary N) is 1. The normalized spacial score (nSPS) is 10.4. The van der Waals surface area contributed by atoms with E-state index in [1.165, 1.54) is 23.5 Å². The maximum Gasteiger partial charge on any atom is 0.310 e. The number of anilines is 1. The van der Waals surface area contributed by atoms with Crippen molar-refractivity contribution in [3.05, 3.63) is 84.5 Å². The van der Waals surface area contributed by atoms with Gasteiger partial charge in [-0.05, 0) is 35.7 Å². The SMILES string of the molecule is O=C(Nc1ccc(Cl)cc1Cl)c1cc(COc2ccccc2[N+](=O)[O-])cs1. The Hall–Kier alpha value is -2.61. The van der Waals surface area contributed by atoms with E-state index in [2.05, 4.69) is 5.32 Å². The van der Waals surface area contributed by atoms with Gasteiger partial charge in [0.1, 0.15) is 6.61 Å². The van der Waals surface area contributed by atoms with E-state index in [0.29, 0.717) is 20.6 Å². The van der Waals surface area contributed by atoms with E-state index < -0.39 is 4.92 Å². The van der Waals surface area contributed by atoms with Gasteiger partial charge in [0.25, 0.3) is 5.91 Å². The van der Waals surface area contributed by atoms with Gasteiger partial charge in [0.05, 0.1) is 20.5 Å². The van der Waals surface area contributed by atoms with Gasteiger partial charge in [0, 0.05) is 16.7 Å². The average Bonchev–Trinajstić information content (AvgIpc) is 3.11. The molecule has 0 saturated carbocycles. The van der Waals surface area contributed by atoms with Gasteiger partial charge in [-0.1, -0.05) is 35.3 Å². The minimum atomic E-state index is -0.502. The maximum absolute atomic E-state index is 12.4. The van der Waals surface area contributed by atoms with Crippen LogP contribution in [0.15, 0.2) is 53.9 Å². The second-order valence-electron chi connectivity index (χ2n) is 5.41. The molecule has 138 valence electrons. The molecule has 6 nitrogen and oxygen atoms in total. The summed E-state index contributed by atoms with van der Waals surface area (Å²) in [6, 6.07) is 12.6. The number of hydrogen-bond acceptors (Lipinski definition) is 5. The summed E-state index contributed by atoms with van der Waals surface area (Å²) >= 11 is 13.1. The minimum Gasteiger partial charge on any atom is -0.482 e. The van der Waals surface area contributed by atoms with Crippen LogP contribution in [0.4, 0.5) is 11.4 Å². The summed E-state index contributed by atoms with van der Waals surface area (Å²) in [7, 11) is 0. The highest BCUT2D eigenvalue weighted by Crippen LogP contribution is 2.28. The molecule has 0 radical (unpaired) electrons. The predicted octanol–water partition coefficient (Wildman–Crippen LogP) is 5.79. The first-order valence-electron chi connectivity index (χ1n) is 7.64. The molecule has 1 amide bonds. The number of halogens is 2. The van der Waals surface area contributed by atoms with Crippen molar-refractivity contribution < 1.29 is 14.5 Å². The number of rotatable bonds is 6. The van der Waals surface area contributed by atoms with Gasteiger partial charge in [-0.15, -0.1) is 11.3 Å². The third kappa shape index (κ3) is 4.77. The van der Waals surface area contributed by atoms with Crippen molar-refractivity contribution >= 4 is 51.8 Å². The number of ether oxygens (including phenoxy) is 1. The lowest BCUT2D eigenvalue weighted by Gasteiger charge is -2.06. The Kier molecular flexibility index (Phi) is 5.95. The highest BCUT2D eigenvalue weighted by molar-refractivity contribution is 7.12. The van der Waals surface area contributed by atoms with Crippen LogP contribution in [-0.4, -0.2) is 10.8 Å². The molecular weight excluding hydrogens is 411 g/mol. The van der Waals surface area contributed by atoms with E-state index in [1.807, 2.05) is 0 Å². The molecule has 2 aromatic carbocycles. The van der Waals surface area contributed by atoms with Crippen LogP contribution in [0.1, 0.15) is 15.2 Å². The van der Waals surface area contributed by atoms with Gasteiger partial charge in [-0.2, -0.15) is 0 Å². The number of nitro groups is 1. The molecule has 9 heteroatoms. The highest BCUT2D eigenvalue weighted by Gasteiger charge is 2.15. The van der Waals surface area contributed by atoms with Crippen LogP contribution in [0.5, 0.6) is 5.75 Å². The van der Waals surface area contributed by atoms with Gasteiger partial charge in [0.2, 0.25) is 0 Å². The van der Waals surface area contributed by atoms with Crippen molar-refractivity contribution in [3.8, 4) is 5.75 Å². The van der Waals surface area contributed by atoms with Crippen LogP contribution < -0.4 is 10.1 Å². The molecule has 0 aliphatic rings. The minimum absolute atomic E-state index is 0.107. The molecule has 0 saturated heterocycles. The van der Waals surface area contributed by atoms with Crippen molar-refractivity contribution in [1.29, 1.82) is 0 Å². The summed E-state index contributed by atoms with van der Waals surface area (Å²) < 4.78 is 5.53. The first kappa shape index (κ1) is 19.2. The van der Waals surface area contributed by atoms with Crippen molar-refractivity contribution in [3.63, 3.8) is 0 Å². The van der Waals surface area contributed by atoms with Gasteiger partial charge >= 0.3 is 5.69 Å². The molecule has 0 fully saturated rings. The molecule has 1 heterocycles. The number of benzene rings is 2. The Labute approximate surface area is 168 Å². The molecule has 0 atom stereocenters. The Bertz CT molecular complexity index is 1010. The van der Waals surface area contributed by atoms with E-state index in [0.717, 1.165) is 5.56 Å². The second-order valence-corrected chi connectivity index (χ2v) is 7.17. The van der Waals surface area contributed by atoms with Crippen LogP contribution in [0.2, 0.25) is 10.0 Å². The molecule has 1 aromatic heterocycles. The molecule has 3 rings (SSSR count). The molecular formula is C18H12Cl2N2O4S. The first-order chi connectivity index (χ1) is 12.9. The largest absolute Gasteiger partial charge is 0.482 e. The number of hydrogen-bond donors (Lipinski definition) is 1. The van der Waals surface area contributed by atoms with Gasteiger partial charge in [-0.25, -0.2) is 0 Å². The molecule has 0 bridgehead atoms. The van der Waals surface area contributed by atoms with Crippen molar-refractivity contribution in [1.82, 2.24) is 0 Å². The van der Waals surface area contributed by atoms with Crippen molar-refractivity contribution in [2.24, 2.45) is 0 Å². The van der Waals surface area contributed by atoms with Crippen LogP contribution in [0.3, 0.4) is 0 Å². The fourth-order valence-corrected chi connectivity index (χ4v) is 3.48. The van der Waals surface area contributed by atoms with Gasteiger partial charge in [-0.3, -0.25) is 14.9 Å². The lowest BCUT2D eigenvalue weighted by molar-refractivity contribution is -0.385. The van der Waals surface area contributed by atoms with E-state index in [1.54, 1.807) is 41.8 Å². The standard InChI is InChI=1S/C18H12Cl2N2O4S/c19-12-5-6-14(13(20)8-12)21-18(23)17-7-11(10-27-17)9-26-16-4-2-1-3-15(16)22(24)25/h1-8,10H,9H2,(H,21,23). The Morgan fingerprint density at radius 3 is 2.70 bits per heavy atom.